The molecule has 120 valence electrons. The van der Waals surface area contributed by atoms with Crippen molar-refractivity contribution in [1.82, 2.24) is 0 Å². The highest BCUT2D eigenvalue weighted by Crippen LogP contribution is 2.56. The summed E-state index contributed by atoms with van der Waals surface area (Å²) in [4.78, 5) is 0. The Morgan fingerprint density at radius 1 is 1.09 bits per heavy atom. The van der Waals surface area contributed by atoms with Crippen molar-refractivity contribution in [1.29, 1.82) is 0 Å². The van der Waals surface area contributed by atoms with Crippen LogP contribution in [0.3, 0.4) is 0 Å². The number of phenols is 1. The van der Waals surface area contributed by atoms with Crippen molar-refractivity contribution in [3.63, 3.8) is 0 Å². The number of alkyl halides is 2. The lowest BCUT2D eigenvalue weighted by Crippen LogP contribution is -2.48. The maximum atomic E-state index is 13.9. The predicted molar refractivity (Wildman–Crippen MR) is 78.5 cm³/mol. The zero-order valence-electron chi connectivity index (χ0n) is 12.2. The number of fused-ring (bicyclic) bond motifs is 3. The molecular weight excluding hydrogens is 305 g/mol. The lowest BCUT2D eigenvalue weighted by molar-refractivity contribution is -0.0830. The Kier molecular flexibility index (Phi) is 2.92. The highest BCUT2D eigenvalue weighted by molar-refractivity contribution is 5.53. The van der Waals surface area contributed by atoms with Crippen LogP contribution in [0, 0.1) is 5.82 Å². The second-order valence-corrected chi connectivity index (χ2v) is 6.30. The molecule has 23 heavy (non-hydrogen) atoms. The van der Waals surface area contributed by atoms with Crippen molar-refractivity contribution < 1.29 is 23.0 Å². The minimum absolute atomic E-state index is 0.173. The number of para-hydroxylation sites is 1. The van der Waals surface area contributed by atoms with Crippen LogP contribution in [-0.4, -0.2) is 17.1 Å². The van der Waals surface area contributed by atoms with Crippen molar-refractivity contribution in [3.8, 4) is 11.5 Å². The van der Waals surface area contributed by atoms with Crippen molar-refractivity contribution in [2.45, 2.75) is 36.7 Å². The lowest BCUT2D eigenvalue weighted by Gasteiger charge is -2.41. The van der Waals surface area contributed by atoms with Crippen molar-refractivity contribution in [3.05, 3.63) is 59.4 Å². The third-order valence-electron chi connectivity index (χ3n) is 5.02. The Labute approximate surface area is 131 Å². The molecule has 2 atom stereocenters. The smallest absolute Gasteiger partial charge is 0.251 e. The first-order chi connectivity index (χ1) is 10.9. The van der Waals surface area contributed by atoms with E-state index < -0.39 is 35.4 Å². The molecule has 0 amide bonds. The molecule has 1 heterocycles. The first-order valence-electron chi connectivity index (χ1n) is 7.55. The van der Waals surface area contributed by atoms with Crippen LogP contribution in [0.5, 0.6) is 11.5 Å². The summed E-state index contributed by atoms with van der Waals surface area (Å²) in [6, 6.07) is 11.3. The van der Waals surface area contributed by atoms with Gasteiger partial charge in [0.1, 0.15) is 11.9 Å². The summed E-state index contributed by atoms with van der Waals surface area (Å²) in [5.74, 6) is -3.41. The van der Waals surface area contributed by atoms with E-state index in [-0.39, 0.29) is 12.8 Å². The Morgan fingerprint density at radius 3 is 2.65 bits per heavy atom. The maximum absolute atomic E-state index is 13.9. The SMILES string of the molecule is Oc1ccc(C23CCC(F)(F)CC2Oc2ccccc23)cc1F. The molecule has 1 saturated carbocycles. The number of halogens is 3. The van der Waals surface area contributed by atoms with Gasteiger partial charge in [0, 0.05) is 18.4 Å². The standard InChI is InChI=1S/C18H15F3O2/c19-13-9-11(5-6-14(13)22)18-8-7-17(20,21)10-16(18)23-15-4-2-1-3-12(15)18/h1-6,9,16,22H,7-8,10H2. The van der Waals surface area contributed by atoms with Gasteiger partial charge in [-0.25, -0.2) is 13.2 Å². The number of phenolic OH excluding ortho intramolecular Hbond substituents is 1. The number of rotatable bonds is 1. The minimum atomic E-state index is -2.79. The van der Waals surface area contributed by atoms with Crippen LogP contribution in [-0.2, 0) is 5.41 Å². The summed E-state index contributed by atoms with van der Waals surface area (Å²) < 4.78 is 47.5. The number of benzene rings is 2. The van der Waals surface area contributed by atoms with Gasteiger partial charge in [0.25, 0.3) is 5.92 Å². The fourth-order valence-corrected chi connectivity index (χ4v) is 3.90. The average molecular weight is 320 g/mol. The molecule has 2 aromatic rings. The molecule has 0 spiro atoms. The molecule has 1 aliphatic carbocycles. The second-order valence-electron chi connectivity index (χ2n) is 6.30. The fourth-order valence-electron chi connectivity index (χ4n) is 3.90. The molecule has 4 rings (SSSR count). The summed E-state index contributed by atoms with van der Waals surface area (Å²) >= 11 is 0. The van der Waals surface area contributed by atoms with Gasteiger partial charge in [0.15, 0.2) is 11.6 Å². The van der Waals surface area contributed by atoms with Gasteiger partial charge >= 0.3 is 0 Å². The first kappa shape index (κ1) is 14.4. The lowest BCUT2D eigenvalue weighted by atomic mass is 9.64. The summed E-state index contributed by atoms with van der Waals surface area (Å²) in [6.07, 6.45) is -1.24. The van der Waals surface area contributed by atoms with E-state index in [4.69, 9.17) is 4.74 Å². The van der Waals surface area contributed by atoms with Crippen molar-refractivity contribution >= 4 is 0 Å². The number of hydrogen-bond acceptors (Lipinski definition) is 2. The Morgan fingerprint density at radius 2 is 1.87 bits per heavy atom. The largest absolute Gasteiger partial charge is 0.505 e. The van der Waals surface area contributed by atoms with Crippen LogP contribution >= 0.6 is 0 Å². The van der Waals surface area contributed by atoms with Crippen LogP contribution in [0.1, 0.15) is 30.4 Å². The van der Waals surface area contributed by atoms with E-state index in [2.05, 4.69) is 0 Å². The molecule has 0 radical (unpaired) electrons. The molecule has 1 fully saturated rings. The monoisotopic (exact) mass is 320 g/mol. The van der Waals surface area contributed by atoms with E-state index in [0.717, 1.165) is 5.56 Å². The first-order valence-corrected chi connectivity index (χ1v) is 7.55. The third-order valence-corrected chi connectivity index (χ3v) is 5.02. The zero-order chi connectivity index (χ0) is 16.2. The predicted octanol–water partition coefficient (Wildman–Crippen LogP) is 4.40. The molecule has 0 saturated heterocycles. The van der Waals surface area contributed by atoms with Gasteiger partial charge < -0.3 is 9.84 Å². The van der Waals surface area contributed by atoms with Crippen LogP contribution < -0.4 is 4.74 Å². The number of ether oxygens (including phenoxy) is 1. The van der Waals surface area contributed by atoms with Crippen LogP contribution in [0.25, 0.3) is 0 Å². The molecule has 1 N–H and O–H groups in total. The maximum Gasteiger partial charge on any atom is 0.251 e. The summed E-state index contributed by atoms with van der Waals surface area (Å²) in [7, 11) is 0. The molecule has 5 heteroatoms. The van der Waals surface area contributed by atoms with Gasteiger partial charge in [-0.1, -0.05) is 24.3 Å². The van der Waals surface area contributed by atoms with Crippen LogP contribution in [0.15, 0.2) is 42.5 Å². The summed E-state index contributed by atoms with van der Waals surface area (Å²) in [5, 5.41) is 9.43. The van der Waals surface area contributed by atoms with E-state index in [1.54, 1.807) is 18.2 Å². The van der Waals surface area contributed by atoms with Crippen molar-refractivity contribution in [2.24, 2.45) is 0 Å². The molecule has 0 aromatic heterocycles. The highest BCUT2D eigenvalue weighted by Gasteiger charge is 2.57. The molecular formula is C18H15F3O2. The Balaban J connectivity index is 1.92. The summed E-state index contributed by atoms with van der Waals surface area (Å²) in [5.41, 5.74) is 0.580. The van der Waals surface area contributed by atoms with E-state index in [0.29, 0.717) is 11.3 Å². The van der Waals surface area contributed by atoms with E-state index in [9.17, 15) is 18.3 Å². The molecule has 1 aliphatic heterocycles. The Hall–Kier alpha value is -2.17. The normalized spacial score (nSPS) is 27.9. The minimum Gasteiger partial charge on any atom is -0.505 e. The Bertz CT molecular complexity index is 775. The van der Waals surface area contributed by atoms with Gasteiger partial charge in [-0.3, -0.25) is 0 Å². The van der Waals surface area contributed by atoms with Gasteiger partial charge in [0.05, 0.1) is 5.41 Å². The fraction of sp³-hybridized carbons (Fsp3) is 0.333. The molecule has 2 nitrogen and oxygen atoms in total. The van der Waals surface area contributed by atoms with Crippen LogP contribution in [0.2, 0.25) is 0 Å². The highest BCUT2D eigenvalue weighted by atomic mass is 19.3. The molecule has 0 bridgehead atoms. The topological polar surface area (TPSA) is 29.5 Å². The van der Waals surface area contributed by atoms with Gasteiger partial charge in [-0.05, 0) is 30.2 Å². The quantitative estimate of drug-likeness (QED) is 0.844. The van der Waals surface area contributed by atoms with Crippen LogP contribution in [0.4, 0.5) is 13.2 Å². The average Bonchev–Trinajstić information content (AvgIpc) is 2.83. The zero-order valence-corrected chi connectivity index (χ0v) is 12.2. The molecule has 2 aliphatic rings. The number of aromatic hydroxyl groups is 1. The molecule has 2 aromatic carbocycles. The van der Waals surface area contributed by atoms with E-state index in [1.807, 2.05) is 12.1 Å². The van der Waals surface area contributed by atoms with Gasteiger partial charge in [0.2, 0.25) is 0 Å². The van der Waals surface area contributed by atoms with Gasteiger partial charge in [-0.15, -0.1) is 0 Å². The summed E-state index contributed by atoms with van der Waals surface area (Å²) in [6.45, 7) is 0. The van der Waals surface area contributed by atoms with Crippen molar-refractivity contribution in [2.75, 3.05) is 0 Å². The van der Waals surface area contributed by atoms with E-state index in [1.165, 1.54) is 12.1 Å². The second kappa shape index (κ2) is 4.66. The van der Waals surface area contributed by atoms with Gasteiger partial charge in [-0.2, -0.15) is 0 Å². The van der Waals surface area contributed by atoms with E-state index >= 15 is 0 Å². The number of hydrogen-bond donors (Lipinski definition) is 1. The molecule has 2 unspecified atom stereocenters. The third kappa shape index (κ3) is 2.02.